The third-order valence-corrected chi connectivity index (χ3v) is 3.64. The van der Waals surface area contributed by atoms with Crippen LogP contribution in [-0.2, 0) is 14.3 Å². The van der Waals surface area contributed by atoms with Crippen LogP contribution in [0.3, 0.4) is 0 Å². The maximum atomic E-state index is 12.4. The predicted molar refractivity (Wildman–Crippen MR) is 70.6 cm³/mol. The second kappa shape index (κ2) is 6.86. The van der Waals surface area contributed by atoms with Crippen molar-refractivity contribution in [3.63, 3.8) is 0 Å². The molecule has 19 heavy (non-hydrogen) atoms. The number of carbonyl (C=O) groups excluding carboxylic acids is 2. The van der Waals surface area contributed by atoms with Gasteiger partial charge in [0.25, 0.3) is 0 Å². The molecule has 2 N–H and O–H groups in total. The summed E-state index contributed by atoms with van der Waals surface area (Å²) in [5.74, 6) is 0.108. The van der Waals surface area contributed by atoms with Gasteiger partial charge in [-0.3, -0.25) is 9.59 Å². The summed E-state index contributed by atoms with van der Waals surface area (Å²) in [5, 5.41) is 6.02. The van der Waals surface area contributed by atoms with Crippen LogP contribution >= 0.6 is 0 Å². The number of carbonyl (C=O) groups is 2. The molecule has 2 fully saturated rings. The summed E-state index contributed by atoms with van der Waals surface area (Å²) in [6.45, 7) is 4.64. The van der Waals surface area contributed by atoms with Gasteiger partial charge in [0, 0.05) is 26.6 Å². The normalized spacial score (nSPS) is 27.9. The summed E-state index contributed by atoms with van der Waals surface area (Å²) in [7, 11) is 0. The Morgan fingerprint density at radius 2 is 2.26 bits per heavy atom. The number of rotatable bonds is 3. The van der Waals surface area contributed by atoms with Crippen LogP contribution in [0.25, 0.3) is 0 Å². The van der Waals surface area contributed by atoms with Crippen LogP contribution in [0.15, 0.2) is 0 Å². The van der Waals surface area contributed by atoms with Gasteiger partial charge in [0.15, 0.2) is 0 Å². The molecule has 2 heterocycles. The Morgan fingerprint density at radius 3 is 2.95 bits per heavy atom. The minimum atomic E-state index is -0.0924. The topological polar surface area (TPSA) is 70.7 Å². The van der Waals surface area contributed by atoms with Gasteiger partial charge in [0.1, 0.15) is 0 Å². The Hall–Kier alpha value is -1.14. The quantitative estimate of drug-likeness (QED) is 0.724. The molecule has 0 bridgehead atoms. The first-order valence-corrected chi connectivity index (χ1v) is 7.05. The van der Waals surface area contributed by atoms with Crippen molar-refractivity contribution in [1.82, 2.24) is 15.5 Å². The SMILES string of the molecule is CC(=O)NC[C@H]1CN(C(=O)[C@H]2CCCCN2)CCO1. The van der Waals surface area contributed by atoms with Crippen molar-refractivity contribution in [2.24, 2.45) is 0 Å². The van der Waals surface area contributed by atoms with Crippen molar-refractivity contribution in [1.29, 1.82) is 0 Å². The fraction of sp³-hybridized carbons (Fsp3) is 0.846. The molecule has 0 saturated carbocycles. The van der Waals surface area contributed by atoms with E-state index in [1.807, 2.05) is 4.90 Å². The van der Waals surface area contributed by atoms with Crippen molar-refractivity contribution in [2.75, 3.05) is 32.8 Å². The summed E-state index contributed by atoms with van der Waals surface area (Å²) in [5.41, 5.74) is 0. The highest BCUT2D eigenvalue weighted by atomic mass is 16.5. The lowest BCUT2D eigenvalue weighted by atomic mass is 10.0. The average Bonchev–Trinajstić information content (AvgIpc) is 2.45. The van der Waals surface area contributed by atoms with Gasteiger partial charge in [-0.05, 0) is 19.4 Å². The standard InChI is InChI=1S/C13H23N3O3/c1-10(17)15-8-11-9-16(6-7-19-11)13(18)12-4-2-3-5-14-12/h11-12,14H,2-9H2,1H3,(H,15,17)/t11-,12+/m0/s1. The fourth-order valence-corrected chi connectivity index (χ4v) is 2.58. The minimum absolute atomic E-state index is 0.0340. The van der Waals surface area contributed by atoms with Gasteiger partial charge >= 0.3 is 0 Å². The Kier molecular flexibility index (Phi) is 5.15. The first kappa shape index (κ1) is 14.3. The lowest BCUT2D eigenvalue weighted by Crippen LogP contribution is -2.55. The lowest BCUT2D eigenvalue weighted by molar-refractivity contribution is -0.141. The number of nitrogens with zero attached hydrogens (tertiary/aromatic N) is 1. The average molecular weight is 269 g/mol. The molecule has 0 aliphatic carbocycles. The van der Waals surface area contributed by atoms with E-state index >= 15 is 0 Å². The summed E-state index contributed by atoms with van der Waals surface area (Å²) >= 11 is 0. The van der Waals surface area contributed by atoms with Crippen molar-refractivity contribution < 1.29 is 14.3 Å². The van der Waals surface area contributed by atoms with Crippen molar-refractivity contribution >= 4 is 11.8 Å². The Balaban J connectivity index is 1.82. The van der Waals surface area contributed by atoms with Gasteiger partial charge in [0.2, 0.25) is 11.8 Å². The van der Waals surface area contributed by atoms with E-state index < -0.39 is 0 Å². The summed E-state index contributed by atoms with van der Waals surface area (Å²) in [6.07, 6.45) is 3.10. The van der Waals surface area contributed by atoms with Gasteiger partial charge in [-0.2, -0.15) is 0 Å². The molecule has 2 saturated heterocycles. The van der Waals surface area contributed by atoms with Crippen molar-refractivity contribution in [3.05, 3.63) is 0 Å². The Labute approximate surface area is 113 Å². The van der Waals surface area contributed by atoms with Crippen molar-refractivity contribution in [3.8, 4) is 0 Å². The molecule has 2 aliphatic rings. The second-order valence-corrected chi connectivity index (χ2v) is 5.22. The van der Waals surface area contributed by atoms with Gasteiger partial charge in [-0.15, -0.1) is 0 Å². The highest BCUT2D eigenvalue weighted by Crippen LogP contribution is 2.12. The summed E-state index contributed by atoms with van der Waals surface area (Å²) in [6, 6.07) is -0.0340. The van der Waals surface area contributed by atoms with Gasteiger partial charge < -0.3 is 20.3 Å². The first-order chi connectivity index (χ1) is 9.16. The number of hydrogen-bond donors (Lipinski definition) is 2. The molecule has 2 rings (SSSR count). The molecule has 2 amide bonds. The zero-order chi connectivity index (χ0) is 13.7. The van der Waals surface area contributed by atoms with E-state index in [9.17, 15) is 9.59 Å². The molecular weight excluding hydrogens is 246 g/mol. The van der Waals surface area contributed by atoms with Crippen LogP contribution in [0, 0.1) is 0 Å². The zero-order valence-corrected chi connectivity index (χ0v) is 11.5. The second-order valence-electron chi connectivity index (χ2n) is 5.22. The molecule has 2 aliphatic heterocycles. The van der Waals surface area contributed by atoms with Crippen LogP contribution < -0.4 is 10.6 Å². The van der Waals surface area contributed by atoms with Gasteiger partial charge in [0.05, 0.1) is 18.8 Å². The van der Waals surface area contributed by atoms with E-state index in [4.69, 9.17) is 4.74 Å². The lowest BCUT2D eigenvalue weighted by Gasteiger charge is -2.36. The third kappa shape index (κ3) is 4.18. The summed E-state index contributed by atoms with van der Waals surface area (Å²) < 4.78 is 5.57. The Morgan fingerprint density at radius 1 is 1.42 bits per heavy atom. The van der Waals surface area contributed by atoms with Crippen LogP contribution in [-0.4, -0.2) is 61.6 Å². The van der Waals surface area contributed by atoms with E-state index in [0.717, 1.165) is 25.8 Å². The molecule has 108 valence electrons. The van der Waals surface area contributed by atoms with Gasteiger partial charge in [-0.1, -0.05) is 6.42 Å². The van der Waals surface area contributed by atoms with E-state index in [1.165, 1.54) is 6.92 Å². The van der Waals surface area contributed by atoms with Crippen LogP contribution in [0.1, 0.15) is 26.2 Å². The number of piperidine rings is 1. The number of morpholine rings is 1. The number of ether oxygens (including phenoxy) is 1. The molecule has 0 radical (unpaired) electrons. The highest BCUT2D eigenvalue weighted by molar-refractivity contribution is 5.82. The fourth-order valence-electron chi connectivity index (χ4n) is 2.58. The van der Waals surface area contributed by atoms with Crippen LogP contribution in [0.5, 0.6) is 0 Å². The molecule has 6 nitrogen and oxygen atoms in total. The maximum absolute atomic E-state index is 12.4. The minimum Gasteiger partial charge on any atom is -0.373 e. The van der Waals surface area contributed by atoms with E-state index in [-0.39, 0.29) is 24.0 Å². The number of nitrogens with one attached hydrogen (secondary N) is 2. The zero-order valence-electron chi connectivity index (χ0n) is 11.5. The largest absolute Gasteiger partial charge is 0.373 e. The molecule has 0 spiro atoms. The molecule has 0 aromatic rings. The third-order valence-electron chi connectivity index (χ3n) is 3.64. The molecule has 2 atom stereocenters. The van der Waals surface area contributed by atoms with Crippen molar-refractivity contribution in [2.45, 2.75) is 38.3 Å². The Bertz CT molecular complexity index is 329. The predicted octanol–water partition coefficient (Wildman–Crippen LogP) is -0.508. The van der Waals surface area contributed by atoms with Gasteiger partial charge in [-0.25, -0.2) is 0 Å². The van der Waals surface area contributed by atoms with Crippen LogP contribution in [0.2, 0.25) is 0 Å². The molecule has 0 aromatic carbocycles. The molecule has 0 aromatic heterocycles. The van der Waals surface area contributed by atoms with Crippen LogP contribution in [0.4, 0.5) is 0 Å². The molecular formula is C13H23N3O3. The van der Waals surface area contributed by atoms with E-state index in [1.54, 1.807) is 0 Å². The van der Waals surface area contributed by atoms with E-state index in [2.05, 4.69) is 10.6 Å². The maximum Gasteiger partial charge on any atom is 0.239 e. The molecule has 6 heteroatoms. The number of amides is 2. The first-order valence-electron chi connectivity index (χ1n) is 7.05. The summed E-state index contributed by atoms with van der Waals surface area (Å²) in [4.78, 5) is 25.1. The van der Waals surface area contributed by atoms with E-state index in [0.29, 0.717) is 26.2 Å². The monoisotopic (exact) mass is 269 g/mol. The smallest absolute Gasteiger partial charge is 0.239 e. The highest BCUT2D eigenvalue weighted by Gasteiger charge is 2.29. The molecule has 0 unspecified atom stereocenters. The number of hydrogen-bond acceptors (Lipinski definition) is 4.